The molecule has 0 aromatic carbocycles. The molecule has 0 aliphatic rings. The highest BCUT2D eigenvalue weighted by Gasteiger charge is 2.24. The third-order valence-electron chi connectivity index (χ3n) is 1.99. The van der Waals surface area contributed by atoms with Gasteiger partial charge in [0.05, 0.1) is 6.10 Å². The van der Waals surface area contributed by atoms with Crippen LogP contribution >= 0.6 is 0 Å². The number of aliphatic hydroxyl groups is 1. The summed E-state index contributed by atoms with van der Waals surface area (Å²) in [7, 11) is 0. The van der Waals surface area contributed by atoms with Crippen molar-refractivity contribution in [2.75, 3.05) is 6.54 Å². The minimum absolute atomic E-state index is 0.174. The zero-order chi connectivity index (χ0) is 12.9. The van der Waals surface area contributed by atoms with Gasteiger partial charge in [0.25, 0.3) is 0 Å². The molecule has 0 rings (SSSR count). The maximum atomic E-state index is 11.6. The van der Waals surface area contributed by atoms with E-state index in [9.17, 15) is 9.59 Å². The standard InChI is InChI=1S/C11H22N2O3/c1-7(14)6-12-9(15)8(2)13-10(16)11(3,4)5/h7-8,14H,6H2,1-5H3,(H,12,15)(H,13,16). The molecular formula is C11H22N2O3. The highest BCUT2D eigenvalue weighted by atomic mass is 16.3. The Balaban J connectivity index is 4.11. The Bertz CT molecular complexity index is 256. The predicted molar refractivity (Wildman–Crippen MR) is 61.8 cm³/mol. The first-order valence-corrected chi connectivity index (χ1v) is 5.41. The van der Waals surface area contributed by atoms with Crippen LogP contribution in [0.3, 0.4) is 0 Å². The van der Waals surface area contributed by atoms with Gasteiger partial charge in [0.2, 0.25) is 11.8 Å². The third-order valence-corrected chi connectivity index (χ3v) is 1.99. The van der Waals surface area contributed by atoms with Gasteiger partial charge in [-0.1, -0.05) is 20.8 Å². The first-order chi connectivity index (χ1) is 7.14. The first kappa shape index (κ1) is 14.9. The molecule has 0 fully saturated rings. The molecule has 0 aromatic heterocycles. The number of aliphatic hydroxyl groups excluding tert-OH is 1. The second-order valence-electron chi connectivity index (χ2n) is 5.04. The van der Waals surface area contributed by atoms with E-state index in [0.717, 1.165) is 0 Å². The van der Waals surface area contributed by atoms with Crippen molar-refractivity contribution in [1.29, 1.82) is 0 Å². The van der Waals surface area contributed by atoms with Crippen molar-refractivity contribution < 1.29 is 14.7 Å². The van der Waals surface area contributed by atoms with Crippen molar-refractivity contribution in [3.8, 4) is 0 Å². The summed E-state index contributed by atoms with van der Waals surface area (Å²) in [4.78, 5) is 23.1. The van der Waals surface area contributed by atoms with Crippen molar-refractivity contribution in [2.45, 2.75) is 46.8 Å². The van der Waals surface area contributed by atoms with Crippen LogP contribution in [-0.4, -0.2) is 35.6 Å². The number of hydrogen-bond donors (Lipinski definition) is 3. The molecule has 0 saturated heterocycles. The highest BCUT2D eigenvalue weighted by molar-refractivity contribution is 5.89. The maximum absolute atomic E-state index is 11.6. The number of carbonyl (C=O) groups excluding carboxylic acids is 2. The molecule has 0 aromatic rings. The molecule has 0 spiro atoms. The monoisotopic (exact) mass is 230 g/mol. The third kappa shape index (κ3) is 5.70. The summed E-state index contributed by atoms with van der Waals surface area (Å²) in [5.74, 6) is -0.467. The molecule has 0 bridgehead atoms. The van der Waals surface area contributed by atoms with Gasteiger partial charge < -0.3 is 15.7 Å². The largest absolute Gasteiger partial charge is 0.392 e. The van der Waals surface area contributed by atoms with Crippen LogP contribution < -0.4 is 10.6 Å². The fourth-order valence-electron chi connectivity index (χ4n) is 0.880. The second-order valence-corrected chi connectivity index (χ2v) is 5.04. The lowest BCUT2D eigenvalue weighted by Gasteiger charge is -2.21. The van der Waals surface area contributed by atoms with Crippen LogP contribution in [0.5, 0.6) is 0 Å². The quantitative estimate of drug-likeness (QED) is 0.638. The van der Waals surface area contributed by atoms with E-state index in [-0.39, 0.29) is 18.4 Å². The number of rotatable bonds is 4. The molecule has 2 atom stereocenters. The SMILES string of the molecule is CC(O)CNC(=O)C(C)NC(=O)C(C)(C)C. The molecule has 0 radical (unpaired) electrons. The van der Waals surface area contributed by atoms with Gasteiger partial charge in [0.1, 0.15) is 6.04 Å². The molecule has 2 amide bonds. The average Bonchev–Trinajstić information content (AvgIpc) is 2.12. The molecule has 3 N–H and O–H groups in total. The van der Waals surface area contributed by atoms with Crippen molar-refractivity contribution in [3.05, 3.63) is 0 Å². The van der Waals surface area contributed by atoms with E-state index in [0.29, 0.717) is 0 Å². The van der Waals surface area contributed by atoms with Gasteiger partial charge in [-0.15, -0.1) is 0 Å². The van der Waals surface area contributed by atoms with Crippen LogP contribution in [0.1, 0.15) is 34.6 Å². The van der Waals surface area contributed by atoms with Gasteiger partial charge in [0, 0.05) is 12.0 Å². The van der Waals surface area contributed by atoms with Crippen LogP contribution in [0.15, 0.2) is 0 Å². The smallest absolute Gasteiger partial charge is 0.242 e. The summed E-state index contributed by atoms with van der Waals surface area (Å²) in [5, 5.41) is 14.1. The van der Waals surface area contributed by atoms with Crippen LogP contribution in [0, 0.1) is 5.41 Å². The van der Waals surface area contributed by atoms with E-state index in [4.69, 9.17) is 5.11 Å². The molecule has 0 aliphatic heterocycles. The highest BCUT2D eigenvalue weighted by Crippen LogP contribution is 2.12. The first-order valence-electron chi connectivity index (χ1n) is 5.41. The van der Waals surface area contributed by atoms with E-state index >= 15 is 0 Å². The second kappa shape index (κ2) is 5.84. The lowest BCUT2D eigenvalue weighted by molar-refractivity contribution is -0.133. The van der Waals surface area contributed by atoms with Crippen molar-refractivity contribution in [1.82, 2.24) is 10.6 Å². The molecular weight excluding hydrogens is 208 g/mol. The zero-order valence-corrected chi connectivity index (χ0v) is 10.6. The van der Waals surface area contributed by atoms with E-state index in [1.54, 1.807) is 34.6 Å². The lowest BCUT2D eigenvalue weighted by atomic mass is 9.95. The Morgan fingerprint density at radius 2 is 1.75 bits per heavy atom. The molecule has 0 aliphatic carbocycles. The molecule has 94 valence electrons. The fourth-order valence-corrected chi connectivity index (χ4v) is 0.880. The van der Waals surface area contributed by atoms with Gasteiger partial charge in [0.15, 0.2) is 0 Å². The van der Waals surface area contributed by atoms with Gasteiger partial charge >= 0.3 is 0 Å². The van der Waals surface area contributed by atoms with Crippen LogP contribution in [0.4, 0.5) is 0 Å². The van der Waals surface area contributed by atoms with E-state index < -0.39 is 17.6 Å². The van der Waals surface area contributed by atoms with Gasteiger partial charge in [-0.2, -0.15) is 0 Å². The Kier molecular flexibility index (Phi) is 5.44. The molecule has 5 nitrogen and oxygen atoms in total. The summed E-state index contributed by atoms with van der Waals surface area (Å²) >= 11 is 0. The number of amides is 2. The van der Waals surface area contributed by atoms with Crippen LogP contribution in [-0.2, 0) is 9.59 Å². The minimum atomic E-state index is -0.592. The van der Waals surface area contributed by atoms with Crippen molar-refractivity contribution >= 4 is 11.8 Å². The van der Waals surface area contributed by atoms with Crippen molar-refractivity contribution in [3.63, 3.8) is 0 Å². The summed E-state index contributed by atoms with van der Waals surface area (Å²) < 4.78 is 0. The Hall–Kier alpha value is -1.10. The summed E-state index contributed by atoms with van der Waals surface area (Å²) in [6, 6.07) is -0.592. The fraction of sp³-hybridized carbons (Fsp3) is 0.818. The summed E-state index contributed by atoms with van der Waals surface area (Å²) in [6.07, 6.45) is -0.588. The summed E-state index contributed by atoms with van der Waals surface area (Å²) in [5.41, 5.74) is -0.515. The Labute approximate surface area is 96.6 Å². The van der Waals surface area contributed by atoms with Gasteiger partial charge in [-0.25, -0.2) is 0 Å². The molecule has 5 heteroatoms. The van der Waals surface area contributed by atoms with Crippen molar-refractivity contribution in [2.24, 2.45) is 5.41 Å². The summed E-state index contributed by atoms with van der Waals surface area (Å²) in [6.45, 7) is 8.72. The number of nitrogens with one attached hydrogen (secondary N) is 2. The lowest BCUT2D eigenvalue weighted by Crippen LogP contribution is -2.49. The molecule has 0 heterocycles. The maximum Gasteiger partial charge on any atom is 0.242 e. The molecule has 0 saturated carbocycles. The average molecular weight is 230 g/mol. The topological polar surface area (TPSA) is 78.4 Å². The van der Waals surface area contributed by atoms with Crippen LogP contribution in [0.25, 0.3) is 0 Å². The predicted octanol–water partition coefficient (Wildman–Crippen LogP) is 0.0342. The van der Waals surface area contributed by atoms with E-state index in [1.807, 2.05) is 0 Å². The number of carbonyl (C=O) groups is 2. The Morgan fingerprint density at radius 3 is 2.12 bits per heavy atom. The normalized spacial score (nSPS) is 15.1. The molecule has 2 unspecified atom stereocenters. The minimum Gasteiger partial charge on any atom is -0.392 e. The molecule has 16 heavy (non-hydrogen) atoms. The number of hydrogen-bond acceptors (Lipinski definition) is 3. The van der Waals surface area contributed by atoms with E-state index in [1.165, 1.54) is 0 Å². The zero-order valence-electron chi connectivity index (χ0n) is 10.6. The van der Waals surface area contributed by atoms with Crippen LogP contribution in [0.2, 0.25) is 0 Å². The Morgan fingerprint density at radius 1 is 1.25 bits per heavy atom. The van der Waals surface area contributed by atoms with Gasteiger partial charge in [-0.3, -0.25) is 9.59 Å². The van der Waals surface area contributed by atoms with E-state index in [2.05, 4.69) is 10.6 Å². The van der Waals surface area contributed by atoms with Gasteiger partial charge in [-0.05, 0) is 13.8 Å².